The first-order valence-electron chi connectivity index (χ1n) is 9.81. The van der Waals surface area contributed by atoms with Crippen LogP contribution >= 0.6 is 11.3 Å². The SMILES string of the molecule is COc1ccc(C2c3ccsc3CCN2C(=O)CN(C(=O)N(C)C)C(C)C)cc1. The Labute approximate surface area is 176 Å². The molecule has 0 radical (unpaired) electrons. The zero-order valence-corrected chi connectivity index (χ0v) is 18.5. The maximum absolute atomic E-state index is 13.4. The number of hydrogen-bond acceptors (Lipinski definition) is 4. The Morgan fingerprint density at radius 1 is 1.21 bits per heavy atom. The van der Waals surface area contributed by atoms with E-state index in [1.165, 1.54) is 15.3 Å². The molecule has 6 nitrogen and oxygen atoms in total. The first-order chi connectivity index (χ1) is 13.8. The smallest absolute Gasteiger partial charge is 0.320 e. The Bertz CT molecular complexity index is 860. The number of ether oxygens (including phenoxy) is 1. The van der Waals surface area contributed by atoms with Crippen LogP contribution in [0.2, 0.25) is 0 Å². The minimum absolute atomic E-state index is 0.0356. The molecule has 2 aromatic rings. The summed E-state index contributed by atoms with van der Waals surface area (Å²) in [5, 5.41) is 2.09. The first kappa shape index (κ1) is 21.2. The van der Waals surface area contributed by atoms with Gasteiger partial charge in [0.05, 0.1) is 13.2 Å². The van der Waals surface area contributed by atoms with E-state index in [1.807, 2.05) is 43.0 Å². The molecule has 0 N–H and O–H groups in total. The van der Waals surface area contributed by atoms with Crippen molar-refractivity contribution in [2.75, 3.05) is 34.3 Å². The van der Waals surface area contributed by atoms with Crippen LogP contribution in [-0.2, 0) is 11.2 Å². The van der Waals surface area contributed by atoms with Crippen molar-refractivity contribution in [3.8, 4) is 5.75 Å². The summed E-state index contributed by atoms with van der Waals surface area (Å²) >= 11 is 1.74. The average molecular weight is 416 g/mol. The second-order valence-corrected chi connectivity index (χ2v) is 8.71. The molecule has 156 valence electrons. The third kappa shape index (κ3) is 4.40. The fourth-order valence-electron chi connectivity index (χ4n) is 3.70. The van der Waals surface area contributed by atoms with Crippen LogP contribution in [0.3, 0.4) is 0 Å². The number of fused-ring (bicyclic) bond motifs is 1. The van der Waals surface area contributed by atoms with E-state index in [0.717, 1.165) is 17.7 Å². The molecule has 1 aliphatic rings. The van der Waals surface area contributed by atoms with Crippen LogP contribution in [0.25, 0.3) is 0 Å². The molecular weight excluding hydrogens is 386 g/mol. The molecule has 0 fully saturated rings. The van der Waals surface area contributed by atoms with Gasteiger partial charge in [0, 0.05) is 31.6 Å². The van der Waals surface area contributed by atoms with Crippen molar-refractivity contribution >= 4 is 23.3 Å². The number of thiophene rings is 1. The molecular formula is C22H29N3O3S. The number of amides is 3. The molecule has 0 spiro atoms. The van der Waals surface area contributed by atoms with E-state index in [2.05, 4.69) is 11.4 Å². The Kier molecular flexibility index (Phi) is 6.47. The highest BCUT2D eigenvalue weighted by molar-refractivity contribution is 7.10. The van der Waals surface area contributed by atoms with Gasteiger partial charge in [0.2, 0.25) is 5.91 Å². The minimum atomic E-state index is -0.150. The molecule has 29 heavy (non-hydrogen) atoms. The van der Waals surface area contributed by atoms with Crippen LogP contribution in [0.1, 0.15) is 35.9 Å². The monoisotopic (exact) mass is 415 g/mol. The zero-order valence-electron chi connectivity index (χ0n) is 17.7. The van der Waals surface area contributed by atoms with Crippen molar-refractivity contribution < 1.29 is 14.3 Å². The van der Waals surface area contributed by atoms with Gasteiger partial charge in [-0.3, -0.25) is 4.79 Å². The second kappa shape index (κ2) is 8.86. The maximum Gasteiger partial charge on any atom is 0.320 e. The van der Waals surface area contributed by atoms with Gasteiger partial charge >= 0.3 is 6.03 Å². The van der Waals surface area contributed by atoms with Gasteiger partial charge in [0.15, 0.2) is 0 Å². The van der Waals surface area contributed by atoms with Gasteiger partial charge in [0.25, 0.3) is 0 Å². The summed E-state index contributed by atoms with van der Waals surface area (Å²) in [7, 11) is 5.06. The van der Waals surface area contributed by atoms with Gasteiger partial charge in [-0.15, -0.1) is 11.3 Å². The van der Waals surface area contributed by atoms with Crippen LogP contribution in [0, 0.1) is 0 Å². The van der Waals surface area contributed by atoms with Gasteiger partial charge in [0.1, 0.15) is 12.3 Å². The minimum Gasteiger partial charge on any atom is -0.497 e. The number of rotatable bonds is 5. The van der Waals surface area contributed by atoms with E-state index >= 15 is 0 Å². The highest BCUT2D eigenvalue weighted by Crippen LogP contribution is 2.38. The highest BCUT2D eigenvalue weighted by Gasteiger charge is 2.34. The summed E-state index contributed by atoms with van der Waals surface area (Å²) in [4.78, 5) is 32.3. The lowest BCUT2D eigenvalue weighted by molar-refractivity contribution is -0.134. The topological polar surface area (TPSA) is 53.1 Å². The summed E-state index contributed by atoms with van der Waals surface area (Å²) in [6.45, 7) is 4.58. The van der Waals surface area contributed by atoms with E-state index in [1.54, 1.807) is 37.4 Å². The molecule has 1 unspecified atom stereocenters. The van der Waals surface area contributed by atoms with Gasteiger partial charge in [-0.1, -0.05) is 12.1 Å². The molecule has 0 saturated carbocycles. The van der Waals surface area contributed by atoms with E-state index in [-0.39, 0.29) is 30.6 Å². The van der Waals surface area contributed by atoms with E-state index < -0.39 is 0 Å². The van der Waals surface area contributed by atoms with Crippen LogP contribution in [0.15, 0.2) is 35.7 Å². The van der Waals surface area contributed by atoms with Gasteiger partial charge in [-0.2, -0.15) is 0 Å². The lowest BCUT2D eigenvalue weighted by Crippen LogP contribution is -2.51. The second-order valence-electron chi connectivity index (χ2n) is 7.71. The van der Waals surface area contributed by atoms with Crippen LogP contribution < -0.4 is 4.74 Å². The molecule has 1 aliphatic heterocycles. The third-order valence-corrected chi connectivity index (χ3v) is 6.27. The maximum atomic E-state index is 13.4. The van der Waals surface area contributed by atoms with Crippen molar-refractivity contribution in [2.45, 2.75) is 32.4 Å². The lowest BCUT2D eigenvalue weighted by Gasteiger charge is -2.38. The number of carbonyl (C=O) groups excluding carboxylic acids is 2. The summed E-state index contributed by atoms with van der Waals surface area (Å²) in [5.74, 6) is 0.752. The zero-order chi connectivity index (χ0) is 21.1. The Hall–Kier alpha value is -2.54. The summed E-state index contributed by atoms with van der Waals surface area (Å²) in [6, 6.07) is 9.64. The molecule has 1 atom stereocenters. The van der Waals surface area contributed by atoms with Gasteiger partial charge in [-0.25, -0.2) is 4.79 Å². The largest absolute Gasteiger partial charge is 0.497 e. The Morgan fingerprint density at radius 3 is 2.48 bits per heavy atom. The number of methoxy groups -OCH3 is 1. The Balaban J connectivity index is 1.91. The van der Waals surface area contributed by atoms with Gasteiger partial charge < -0.3 is 19.4 Å². The molecule has 3 amide bonds. The molecule has 0 saturated heterocycles. The van der Waals surface area contributed by atoms with Gasteiger partial charge in [-0.05, 0) is 55.0 Å². The fourth-order valence-corrected chi connectivity index (χ4v) is 4.60. The van der Waals surface area contributed by atoms with Crippen molar-refractivity contribution in [1.29, 1.82) is 0 Å². The van der Waals surface area contributed by atoms with Crippen molar-refractivity contribution in [3.05, 3.63) is 51.7 Å². The van der Waals surface area contributed by atoms with E-state index in [0.29, 0.717) is 6.54 Å². The first-order valence-corrected chi connectivity index (χ1v) is 10.7. The summed E-state index contributed by atoms with van der Waals surface area (Å²) < 4.78 is 5.29. The molecule has 3 rings (SSSR count). The van der Waals surface area contributed by atoms with Crippen LogP contribution in [-0.4, -0.2) is 67.0 Å². The van der Waals surface area contributed by atoms with E-state index in [4.69, 9.17) is 4.74 Å². The van der Waals surface area contributed by atoms with Crippen LogP contribution in [0.4, 0.5) is 4.79 Å². The normalized spacial score (nSPS) is 15.8. The lowest BCUT2D eigenvalue weighted by atomic mass is 9.93. The molecule has 2 heterocycles. The number of carbonyl (C=O) groups is 2. The van der Waals surface area contributed by atoms with E-state index in [9.17, 15) is 9.59 Å². The quantitative estimate of drug-likeness (QED) is 0.749. The Morgan fingerprint density at radius 2 is 1.90 bits per heavy atom. The van der Waals surface area contributed by atoms with Crippen LogP contribution in [0.5, 0.6) is 5.75 Å². The molecule has 1 aromatic carbocycles. The van der Waals surface area contributed by atoms with Crippen molar-refractivity contribution in [1.82, 2.24) is 14.7 Å². The fraction of sp³-hybridized carbons (Fsp3) is 0.455. The standard InChI is InChI=1S/C22H29N3O3S/c1-15(2)25(22(27)23(3)4)14-20(26)24-12-10-19-18(11-13-29-19)21(24)16-6-8-17(28-5)9-7-16/h6-9,11,13,15,21H,10,12,14H2,1-5H3. The molecule has 1 aromatic heterocycles. The predicted molar refractivity (Wildman–Crippen MR) is 115 cm³/mol. The summed E-state index contributed by atoms with van der Waals surface area (Å²) in [6.07, 6.45) is 0.842. The number of urea groups is 1. The number of nitrogens with zero attached hydrogens (tertiary/aromatic N) is 3. The third-order valence-electron chi connectivity index (χ3n) is 5.28. The number of hydrogen-bond donors (Lipinski definition) is 0. The average Bonchev–Trinajstić information content (AvgIpc) is 3.19. The van der Waals surface area contributed by atoms with Crippen molar-refractivity contribution in [3.63, 3.8) is 0 Å². The predicted octanol–water partition coefficient (Wildman–Crippen LogP) is 3.62. The number of benzene rings is 1. The molecule has 7 heteroatoms. The highest BCUT2D eigenvalue weighted by atomic mass is 32.1. The molecule has 0 aliphatic carbocycles. The molecule has 0 bridgehead atoms. The van der Waals surface area contributed by atoms with Crippen molar-refractivity contribution in [2.24, 2.45) is 0 Å². The summed E-state index contributed by atoms with van der Waals surface area (Å²) in [5.41, 5.74) is 2.23.